The molecule has 1 rings (SSSR count). The van der Waals surface area contributed by atoms with Crippen molar-refractivity contribution in [2.75, 3.05) is 65.8 Å². The van der Waals surface area contributed by atoms with Crippen molar-refractivity contribution in [1.29, 1.82) is 0 Å². The minimum absolute atomic E-state index is 0.432. The Labute approximate surface area is 111 Å². The van der Waals surface area contributed by atoms with Crippen LogP contribution < -0.4 is 5.32 Å². The molecule has 0 spiro atoms. The number of ether oxygens (including phenoxy) is 3. The first-order valence-electron chi connectivity index (χ1n) is 7.05. The summed E-state index contributed by atoms with van der Waals surface area (Å²) in [5.74, 6) is 0. The Balaban J connectivity index is 2.22. The standard InChI is InChI=1S/C13H28N2O3/c1-3-16-9-6-15(7-10-17-4-2)11-13-12-18-8-5-14-13/h13-14H,3-12H2,1-2H3. The van der Waals surface area contributed by atoms with Crippen molar-refractivity contribution in [1.82, 2.24) is 10.2 Å². The van der Waals surface area contributed by atoms with E-state index >= 15 is 0 Å². The third-order valence-electron chi connectivity index (χ3n) is 2.99. The van der Waals surface area contributed by atoms with Crippen LogP contribution in [-0.2, 0) is 14.2 Å². The molecule has 1 N–H and O–H groups in total. The van der Waals surface area contributed by atoms with E-state index in [-0.39, 0.29) is 0 Å². The van der Waals surface area contributed by atoms with Crippen molar-refractivity contribution in [3.05, 3.63) is 0 Å². The highest BCUT2D eigenvalue weighted by atomic mass is 16.5. The monoisotopic (exact) mass is 260 g/mol. The van der Waals surface area contributed by atoms with Gasteiger partial charge in [0.1, 0.15) is 0 Å². The fourth-order valence-electron chi connectivity index (χ4n) is 2.02. The molecule has 1 fully saturated rings. The molecule has 0 amide bonds. The van der Waals surface area contributed by atoms with Crippen LogP contribution in [-0.4, -0.2) is 76.8 Å². The van der Waals surface area contributed by atoms with Crippen LogP contribution in [0.4, 0.5) is 0 Å². The summed E-state index contributed by atoms with van der Waals surface area (Å²) in [6.07, 6.45) is 0. The summed E-state index contributed by atoms with van der Waals surface area (Å²) in [7, 11) is 0. The van der Waals surface area contributed by atoms with Gasteiger partial charge in [0.25, 0.3) is 0 Å². The second kappa shape index (κ2) is 10.7. The number of morpholine rings is 1. The molecular formula is C13H28N2O3. The minimum atomic E-state index is 0.432. The maximum atomic E-state index is 5.48. The number of hydrogen-bond acceptors (Lipinski definition) is 5. The van der Waals surface area contributed by atoms with E-state index in [1.165, 1.54) is 0 Å². The summed E-state index contributed by atoms with van der Waals surface area (Å²) in [5.41, 5.74) is 0. The van der Waals surface area contributed by atoms with Gasteiger partial charge < -0.3 is 19.5 Å². The predicted molar refractivity (Wildman–Crippen MR) is 72.0 cm³/mol. The lowest BCUT2D eigenvalue weighted by atomic mass is 10.2. The van der Waals surface area contributed by atoms with Crippen LogP contribution in [0, 0.1) is 0 Å². The van der Waals surface area contributed by atoms with Crippen LogP contribution >= 0.6 is 0 Å². The first-order valence-corrected chi connectivity index (χ1v) is 7.05. The minimum Gasteiger partial charge on any atom is -0.380 e. The first kappa shape index (κ1) is 15.9. The highest BCUT2D eigenvalue weighted by molar-refractivity contribution is 4.74. The van der Waals surface area contributed by atoms with Crippen LogP contribution in [0.3, 0.4) is 0 Å². The van der Waals surface area contributed by atoms with Crippen LogP contribution in [0.1, 0.15) is 13.8 Å². The third kappa shape index (κ3) is 7.28. The zero-order chi connectivity index (χ0) is 13.1. The van der Waals surface area contributed by atoms with Gasteiger partial charge in [-0.3, -0.25) is 4.90 Å². The molecule has 0 aromatic carbocycles. The lowest BCUT2D eigenvalue weighted by molar-refractivity contribution is 0.0428. The molecule has 0 bridgehead atoms. The Morgan fingerprint density at radius 1 is 1.17 bits per heavy atom. The van der Waals surface area contributed by atoms with E-state index in [4.69, 9.17) is 14.2 Å². The molecule has 1 aliphatic heterocycles. The summed E-state index contributed by atoms with van der Waals surface area (Å²) in [4.78, 5) is 2.39. The van der Waals surface area contributed by atoms with Crippen molar-refractivity contribution in [3.8, 4) is 0 Å². The van der Waals surface area contributed by atoms with E-state index in [1.54, 1.807) is 0 Å². The van der Waals surface area contributed by atoms with Gasteiger partial charge in [0, 0.05) is 45.4 Å². The molecule has 1 heterocycles. The predicted octanol–water partition coefficient (Wildman–Crippen LogP) is 0.350. The maximum absolute atomic E-state index is 5.48. The molecule has 1 saturated heterocycles. The molecule has 1 aliphatic rings. The van der Waals surface area contributed by atoms with Gasteiger partial charge in [-0.25, -0.2) is 0 Å². The van der Waals surface area contributed by atoms with Gasteiger partial charge in [-0.05, 0) is 13.8 Å². The molecule has 1 unspecified atom stereocenters. The lowest BCUT2D eigenvalue weighted by Crippen LogP contribution is -2.49. The van der Waals surface area contributed by atoms with E-state index < -0.39 is 0 Å². The molecule has 0 radical (unpaired) electrons. The molecule has 5 nitrogen and oxygen atoms in total. The Bertz CT molecular complexity index is 177. The molecule has 5 heteroatoms. The number of rotatable bonds is 10. The summed E-state index contributed by atoms with van der Waals surface area (Å²) in [6.45, 7) is 12.7. The van der Waals surface area contributed by atoms with Gasteiger partial charge in [-0.1, -0.05) is 0 Å². The van der Waals surface area contributed by atoms with Gasteiger partial charge in [0.15, 0.2) is 0 Å². The van der Waals surface area contributed by atoms with Crippen LogP contribution in [0.25, 0.3) is 0 Å². The Kier molecular flexibility index (Phi) is 9.42. The van der Waals surface area contributed by atoms with E-state index in [9.17, 15) is 0 Å². The zero-order valence-electron chi connectivity index (χ0n) is 11.8. The van der Waals surface area contributed by atoms with Gasteiger partial charge >= 0.3 is 0 Å². The highest BCUT2D eigenvalue weighted by Gasteiger charge is 2.16. The largest absolute Gasteiger partial charge is 0.380 e. The number of nitrogens with one attached hydrogen (secondary N) is 1. The first-order chi connectivity index (χ1) is 8.86. The van der Waals surface area contributed by atoms with Gasteiger partial charge in [-0.15, -0.1) is 0 Å². The molecule has 0 aromatic rings. The van der Waals surface area contributed by atoms with Crippen molar-refractivity contribution < 1.29 is 14.2 Å². The number of nitrogens with zero attached hydrogens (tertiary/aromatic N) is 1. The van der Waals surface area contributed by atoms with Crippen LogP contribution in [0.2, 0.25) is 0 Å². The average Bonchev–Trinajstić information content (AvgIpc) is 2.40. The smallest absolute Gasteiger partial charge is 0.0632 e. The summed E-state index contributed by atoms with van der Waals surface area (Å²) < 4.78 is 16.3. The van der Waals surface area contributed by atoms with Crippen molar-refractivity contribution >= 4 is 0 Å². The van der Waals surface area contributed by atoms with Gasteiger partial charge in [0.05, 0.1) is 26.4 Å². The second-order valence-electron chi connectivity index (χ2n) is 4.42. The SMILES string of the molecule is CCOCCN(CCOCC)CC1COCCN1. The average molecular weight is 260 g/mol. The molecule has 0 saturated carbocycles. The highest BCUT2D eigenvalue weighted by Crippen LogP contribution is 1.98. The van der Waals surface area contributed by atoms with E-state index in [2.05, 4.69) is 10.2 Å². The van der Waals surface area contributed by atoms with Crippen molar-refractivity contribution in [3.63, 3.8) is 0 Å². The lowest BCUT2D eigenvalue weighted by Gasteiger charge is -2.30. The number of hydrogen-bond donors (Lipinski definition) is 1. The zero-order valence-corrected chi connectivity index (χ0v) is 11.8. The van der Waals surface area contributed by atoms with E-state index in [1.807, 2.05) is 13.8 Å². The fraction of sp³-hybridized carbons (Fsp3) is 1.00. The van der Waals surface area contributed by atoms with E-state index in [0.717, 1.165) is 65.8 Å². The topological polar surface area (TPSA) is 43.0 Å². The molecular weight excluding hydrogens is 232 g/mol. The van der Waals surface area contributed by atoms with Gasteiger partial charge in [0.2, 0.25) is 0 Å². The summed E-state index contributed by atoms with van der Waals surface area (Å²) >= 11 is 0. The van der Waals surface area contributed by atoms with Crippen molar-refractivity contribution in [2.45, 2.75) is 19.9 Å². The quantitative estimate of drug-likeness (QED) is 0.574. The van der Waals surface area contributed by atoms with Crippen molar-refractivity contribution in [2.24, 2.45) is 0 Å². The van der Waals surface area contributed by atoms with Gasteiger partial charge in [-0.2, -0.15) is 0 Å². The fourth-order valence-corrected chi connectivity index (χ4v) is 2.02. The Morgan fingerprint density at radius 3 is 2.33 bits per heavy atom. The molecule has 0 aromatic heterocycles. The maximum Gasteiger partial charge on any atom is 0.0632 e. The van der Waals surface area contributed by atoms with Crippen LogP contribution in [0.5, 0.6) is 0 Å². The second-order valence-corrected chi connectivity index (χ2v) is 4.42. The van der Waals surface area contributed by atoms with E-state index in [0.29, 0.717) is 6.04 Å². The summed E-state index contributed by atoms with van der Waals surface area (Å²) in [6, 6.07) is 0.432. The Hall–Kier alpha value is -0.200. The van der Waals surface area contributed by atoms with Crippen LogP contribution in [0.15, 0.2) is 0 Å². The molecule has 108 valence electrons. The summed E-state index contributed by atoms with van der Waals surface area (Å²) in [5, 5.41) is 3.48. The molecule has 1 atom stereocenters. The third-order valence-corrected chi connectivity index (χ3v) is 2.99. The molecule has 18 heavy (non-hydrogen) atoms. The molecule has 0 aliphatic carbocycles. The Morgan fingerprint density at radius 2 is 1.83 bits per heavy atom. The normalized spacial score (nSPS) is 20.5.